The van der Waals surface area contributed by atoms with E-state index in [-0.39, 0.29) is 8.77 Å². The van der Waals surface area contributed by atoms with E-state index in [1.807, 2.05) is 0 Å². The van der Waals surface area contributed by atoms with Crippen molar-refractivity contribution in [3.8, 4) is 0 Å². The Kier molecular flexibility index (Phi) is 7.88. The molecule has 0 heterocycles. The van der Waals surface area contributed by atoms with Gasteiger partial charge in [-0.1, -0.05) is 25.3 Å². The number of ether oxygens (including phenoxy) is 2. The highest BCUT2D eigenvalue weighted by Gasteiger charge is 2.10. The van der Waals surface area contributed by atoms with Crippen LogP contribution >= 0.6 is 49.7 Å². The summed E-state index contributed by atoms with van der Waals surface area (Å²) in [7, 11) is 0. The van der Waals surface area contributed by atoms with Crippen LogP contribution < -0.4 is 0 Å². The van der Waals surface area contributed by atoms with Gasteiger partial charge in [-0.05, 0) is 24.4 Å². The molecule has 0 aliphatic heterocycles. The van der Waals surface area contributed by atoms with Gasteiger partial charge in [0.2, 0.25) is 21.3 Å². The number of hydrogen-bond acceptors (Lipinski definition) is 6. The summed E-state index contributed by atoms with van der Waals surface area (Å²) in [5.41, 5.74) is 0. The van der Waals surface area contributed by atoms with E-state index in [4.69, 9.17) is 19.2 Å². The fourth-order valence-corrected chi connectivity index (χ4v) is 1.05. The maximum Gasteiger partial charge on any atom is 0.230 e. The summed E-state index contributed by atoms with van der Waals surface area (Å²) in [5, 5.41) is 0. The average molecular weight is 274 g/mol. The van der Waals surface area contributed by atoms with Crippen molar-refractivity contribution in [2.45, 2.75) is 26.4 Å². The normalized spacial score (nSPS) is 14.3. The maximum absolute atomic E-state index is 4.85. The number of thiocarbonyl (C=S) groups is 2. The highest BCUT2D eigenvalue weighted by Crippen LogP contribution is 2.04. The van der Waals surface area contributed by atoms with E-state index in [0.29, 0.717) is 0 Å². The summed E-state index contributed by atoms with van der Waals surface area (Å²) in [6.07, 6.45) is -1.33. The second kappa shape index (κ2) is 7.66. The SMILES string of the molecule is CC(OOC(C)OC(=S)S)OC(=S)S. The van der Waals surface area contributed by atoms with Crippen molar-refractivity contribution in [2.75, 3.05) is 0 Å². The van der Waals surface area contributed by atoms with Crippen LogP contribution in [0.25, 0.3) is 0 Å². The van der Waals surface area contributed by atoms with Gasteiger partial charge in [-0.3, -0.25) is 0 Å². The molecule has 14 heavy (non-hydrogen) atoms. The molecule has 0 aromatic rings. The minimum absolute atomic E-state index is 0.0689. The maximum atomic E-state index is 4.85. The molecule has 8 heteroatoms. The van der Waals surface area contributed by atoms with Gasteiger partial charge in [0, 0.05) is 13.8 Å². The molecule has 0 saturated carbocycles. The molecule has 2 atom stereocenters. The van der Waals surface area contributed by atoms with E-state index >= 15 is 0 Å². The van der Waals surface area contributed by atoms with Crippen LogP contribution in [-0.4, -0.2) is 21.3 Å². The molecule has 2 unspecified atom stereocenters. The third-order valence-electron chi connectivity index (χ3n) is 0.860. The molecule has 0 bridgehead atoms. The van der Waals surface area contributed by atoms with Gasteiger partial charge in [0.15, 0.2) is 0 Å². The Labute approximate surface area is 104 Å². The third kappa shape index (κ3) is 8.97. The highest BCUT2D eigenvalue weighted by atomic mass is 32.1. The zero-order chi connectivity index (χ0) is 11.1. The van der Waals surface area contributed by atoms with Crippen LogP contribution in [0.3, 0.4) is 0 Å². The molecule has 0 spiro atoms. The molecule has 0 saturated heterocycles. The zero-order valence-corrected chi connectivity index (χ0v) is 10.9. The summed E-state index contributed by atoms with van der Waals surface area (Å²) < 4.78 is 9.83. The van der Waals surface area contributed by atoms with Gasteiger partial charge in [-0.25, -0.2) is 0 Å². The first kappa shape index (κ1) is 14.4. The molecule has 0 aromatic carbocycles. The topological polar surface area (TPSA) is 36.9 Å². The van der Waals surface area contributed by atoms with Crippen molar-refractivity contribution < 1.29 is 19.2 Å². The Morgan fingerprint density at radius 2 is 1.21 bits per heavy atom. The van der Waals surface area contributed by atoms with Gasteiger partial charge < -0.3 is 9.47 Å². The Balaban J connectivity index is 3.60. The number of rotatable bonds is 5. The molecule has 0 rings (SSSR count). The number of hydrogen-bond donors (Lipinski definition) is 2. The van der Waals surface area contributed by atoms with Crippen molar-refractivity contribution in [3.63, 3.8) is 0 Å². The van der Waals surface area contributed by atoms with E-state index in [9.17, 15) is 0 Å². The number of thiol groups is 2. The first-order valence-corrected chi connectivity index (χ1v) is 5.24. The first-order valence-electron chi connectivity index (χ1n) is 3.53. The van der Waals surface area contributed by atoms with Crippen molar-refractivity contribution in [3.05, 3.63) is 0 Å². The lowest BCUT2D eigenvalue weighted by molar-refractivity contribution is -0.407. The smallest absolute Gasteiger partial charge is 0.230 e. The van der Waals surface area contributed by atoms with Crippen molar-refractivity contribution in [2.24, 2.45) is 0 Å². The molecule has 0 aliphatic carbocycles. The molecule has 82 valence electrons. The van der Waals surface area contributed by atoms with Crippen LogP contribution in [0.15, 0.2) is 0 Å². The quantitative estimate of drug-likeness (QED) is 0.263. The van der Waals surface area contributed by atoms with Crippen LogP contribution in [0.4, 0.5) is 0 Å². The van der Waals surface area contributed by atoms with Crippen LogP contribution in [0.5, 0.6) is 0 Å². The molecular formula is C6H10O4S4. The molecule has 0 radical (unpaired) electrons. The van der Waals surface area contributed by atoms with Crippen molar-refractivity contribution in [1.29, 1.82) is 0 Å². The lowest BCUT2D eigenvalue weighted by Gasteiger charge is -2.16. The second-order valence-electron chi connectivity index (χ2n) is 2.10. The van der Waals surface area contributed by atoms with E-state index < -0.39 is 12.6 Å². The summed E-state index contributed by atoms with van der Waals surface area (Å²) in [4.78, 5) is 9.48. The average Bonchev–Trinajstić information content (AvgIpc) is 1.98. The lowest BCUT2D eigenvalue weighted by Crippen LogP contribution is -2.21. The molecular weight excluding hydrogens is 264 g/mol. The van der Waals surface area contributed by atoms with Gasteiger partial charge in [-0.15, -0.1) is 0 Å². The van der Waals surface area contributed by atoms with Gasteiger partial charge in [0.05, 0.1) is 0 Å². The highest BCUT2D eigenvalue weighted by molar-refractivity contribution is 8.10. The molecule has 0 fully saturated rings. The molecule has 0 aromatic heterocycles. The van der Waals surface area contributed by atoms with E-state index in [1.165, 1.54) is 0 Å². The lowest BCUT2D eigenvalue weighted by atomic mass is 10.8. The van der Waals surface area contributed by atoms with Crippen LogP contribution in [0, 0.1) is 0 Å². The second-order valence-corrected chi connectivity index (χ2v) is 4.25. The summed E-state index contributed by atoms with van der Waals surface area (Å²) in [6.45, 7) is 3.18. The third-order valence-corrected chi connectivity index (χ3v) is 1.26. The van der Waals surface area contributed by atoms with Crippen molar-refractivity contribution in [1.82, 2.24) is 0 Å². The largest absolute Gasteiger partial charge is 0.446 e. The Bertz CT molecular complexity index is 188. The minimum atomic E-state index is -0.667. The first-order chi connectivity index (χ1) is 6.41. The monoisotopic (exact) mass is 274 g/mol. The molecule has 4 nitrogen and oxygen atoms in total. The van der Waals surface area contributed by atoms with Crippen LogP contribution in [-0.2, 0) is 19.2 Å². The van der Waals surface area contributed by atoms with E-state index in [1.54, 1.807) is 13.8 Å². The molecule has 0 N–H and O–H groups in total. The van der Waals surface area contributed by atoms with Gasteiger partial charge >= 0.3 is 0 Å². The van der Waals surface area contributed by atoms with Gasteiger partial charge in [0.1, 0.15) is 0 Å². The van der Waals surface area contributed by atoms with Crippen LogP contribution in [0.1, 0.15) is 13.8 Å². The Morgan fingerprint density at radius 3 is 1.43 bits per heavy atom. The summed E-state index contributed by atoms with van der Waals surface area (Å²) >= 11 is 16.6. The fraction of sp³-hybridized carbons (Fsp3) is 0.667. The summed E-state index contributed by atoms with van der Waals surface area (Å²) in [6, 6.07) is 0. The Morgan fingerprint density at radius 1 is 0.929 bits per heavy atom. The Hall–Kier alpha value is 0.400. The van der Waals surface area contributed by atoms with Crippen LogP contribution in [0.2, 0.25) is 0 Å². The van der Waals surface area contributed by atoms with Gasteiger partial charge in [-0.2, -0.15) is 9.78 Å². The fourth-order valence-electron chi connectivity index (χ4n) is 0.480. The van der Waals surface area contributed by atoms with Gasteiger partial charge in [0.25, 0.3) is 0 Å². The van der Waals surface area contributed by atoms with Crippen molar-refractivity contribution >= 4 is 58.5 Å². The predicted molar refractivity (Wildman–Crippen MR) is 66.4 cm³/mol. The van der Waals surface area contributed by atoms with E-state index in [2.05, 4.69) is 49.7 Å². The molecule has 0 aliphatic rings. The summed E-state index contributed by atoms with van der Waals surface area (Å²) in [5.74, 6) is 0. The zero-order valence-electron chi connectivity index (χ0n) is 7.50. The van der Waals surface area contributed by atoms with E-state index in [0.717, 1.165) is 0 Å². The standard InChI is InChI=1S/C6H10O4S4/c1-3(7-5(11)12)9-10-4(2)8-6(13)14/h3-4H,1-2H3,(H,11,12)(H,13,14). The minimum Gasteiger partial charge on any atom is -0.446 e. The molecule has 0 amide bonds. The predicted octanol–water partition coefficient (Wildman–Crippen LogP) is 2.09.